The summed E-state index contributed by atoms with van der Waals surface area (Å²) in [6.07, 6.45) is 7.78. The number of aliphatic hydroxyl groups is 1. The molecule has 0 fully saturated rings. The number of terminal acetylenes is 1. The highest BCUT2D eigenvalue weighted by molar-refractivity contribution is 4.94. The molecular formula is C6H6O. The van der Waals surface area contributed by atoms with Crippen LogP contribution >= 0.6 is 0 Å². The van der Waals surface area contributed by atoms with Crippen LogP contribution in [0.25, 0.3) is 0 Å². The molecule has 1 heteroatoms. The summed E-state index contributed by atoms with van der Waals surface area (Å²) in [5.41, 5.74) is 2.41. The van der Waals surface area contributed by atoms with Gasteiger partial charge in [0.25, 0.3) is 0 Å². The number of hydrogen-bond acceptors (Lipinski definition) is 1. The highest BCUT2D eigenvalue weighted by atomic mass is 16.2. The minimum atomic E-state index is 0.525. The highest BCUT2D eigenvalue weighted by Crippen LogP contribution is 1.72. The minimum Gasteiger partial charge on any atom is -0.507 e. The first-order chi connectivity index (χ1) is 3.41. The molecule has 0 heterocycles. The molecule has 0 aliphatic carbocycles. The lowest BCUT2D eigenvalue weighted by Crippen LogP contribution is -1.49. The van der Waals surface area contributed by atoms with Crippen LogP contribution in [0.5, 0.6) is 0 Å². The van der Waals surface area contributed by atoms with E-state index in [1.54, 1.807) is 6.08 Å². The van der Waals surface area contributed by atoms with E-state index in [-0.39, 0.29) is 0 Å². The lowest BCUT2D eigenvalue weighted by Gasteiger charge is -1.64. The lowest BCUT2D eigenvalue weighted by atomic mass is 10.4. The fourth-order valence-corrected chi connectivity index (χ4v) is 0.171. The summed E-state index contributed by atoms with van der Waals surface area (Å²) < 4.78 is 0. The van der Waals surface area contributed by atoms with Crippen LogP contribution in [0.15, 0.2) is 18.1 Å². The Morgan fingerprint density at radius 3 is 2.86 bits per heavy atom. The maximum absolute atomic E-state index is 7.96. The van der Waals surface area contributed by atoms with Crippen LogP contribution < -0.4 is 0 Å². The number of rotatable bonds is 1. The Labute approximate surface area is 43.0 Å². The van der Waals surface area contributed by atoms with Crippen LogP contribution in [0.1, 0.15) is 6.42 Å². The van der Waals surface area contributed by atoms with Gasteiger partial charge in [-0.1, -0.05) is 5.73 Å². The normalized spacial score (nSPS) is 5.57. The van der Waals surface area contributed by atoms with Crippen molar-refractivity contribution in [3.8, 4) is 12.3 Å². The van der Waals surface area contributed by atoms with Crippen molar-refractivity contribution in [2.24, 2.45) is 0 Å². The van der Waals surface area contributed by atoms with Gasteiger partial charge in [-0.05, 0) is 6.08 Å². The summed E-state index contributed by atoms with van der Waals surface area (Å²) in [5.74, 6) is 2.35. The Kier molecular flexibility index (Phi) is 4.10. The zero-order chi connectivity index (χ0) is 5.54. The molecule has 0 saturated heterocycles. The van der Waals surface area contributed by atoms with Crippen LogP contribution in [0.3, 0.4) is 0 Å². The molecule has 0 amide bonds. The molecule has 0 saturated carbocycles. The summed E-state index contributed by atoms with van der Waals surface area (Å²) in [5, 5.41) is 7.96. The average Bonchev–Trinajstić information content (AvgIpc) is 1.69. The van der Waals surface area contributed by atoms with E-state index in [0.29, 0.717) is 6.42 Å². The van der Waals surface area contributed by atoms with E-state index in [1.807, 2.05) is 0 Å². The van der Waals surface area contributed by atoms with E-state index in [0.717, 1.165) is 6.26 Å². The second kappa shape index (κ2) is 4.88. The number of hydrogen-bond donors (Lipinski definition) is 1. The molecule has 7 heavy (non-hydrogen) atoms. The van der Waals surface area contributed by atoms with Gasteiger partial charge in [0.15, 0.2) is 0 Å². The molecule has 0 aliphatic heterocycles. The molecule has 0 spiro atoms. The molecule has 0 unspecified atom stereocenters. The second-order valence-corrected chi connectivity index (χ2v) is 0.908. The summed E-state index contributed by atoms with van der Waals surface area (Å²) >= 11 is 0. The molecule has 0 rings (SSSR count). The van der Waals surface area contributed by atoms with Gasteiger partial charge < -0.3 is 5.11 Å². The van der Waals surface area contributed by atoms with Crippen LogP contribution in [-0.2, 0) is 0 Å². The monoisotopic (exact) mass is 94.0 g/mol. The molecule has 0 aromatic heterocycles. The van der Waals surface area contributed by atoms with E-state index >= 15 is 0 Å². The second-order valence-electron chi connectivity index (χ2n) is 0.908. The van der Waals surface area contributed by atoms with Crippen molar-refractivity contribution < 1.29 is 5.11 Å². The Morgan fingerprint density at radius 2 is 2.43 bits per heavy atom. The summed E-state index contributed by atoms with van der Waals surface area (Å²) in [6.45, 7) is 0. The maximum atomic E-state index is 7.96. The van der Waals surface area contributed by atoms with E-state index in [1.165, 1.54) is 0 Å². The van der Waals surface area contributed by atoms with E-state index in [2.05, 4.69) is 11.7 Å². The Bertz CT molecular complexity index is 122. The zero-order valence-corrected chi connectivity index (χ0v) is 3.89. The molecule has 0 aromatic rings. The standard InChI is InChI=1S/C6H6O/c1-2-3-4-5-6-7/h1,4,6-7H,3H2. The predicted molar refractivity (Wildman–Crippen MR) is 28.7 cm³/mol. The van der Waals surface area contributed by atoms with Crippen molar-refractivity contribution in [1.29, 1.82) is 0 Å². The van der Waals surface area contributed by atoms with Crippen molar-refractivity contribution in [2.45, 2.75) is 6.42 Å². The first-order valence-electron chi connectivity index (χ1n) is 1.89. The zero-order valence-electron chi connectivity index (χ0n) is 3.89. The van der Waals surface area contributed by atoms with Crippen molar-refractivity contribution in [3.63, 3.8) is 0 Å². The predicted octanol–water partition coefficient (Wildman–Crippen LogP) is 1.24. The molecule has 0 atom stereocenters. The van der Waals surface area contributed by atoms with Crippen molar-refractivity contribution in [2.75, 3.05) is 0 Å². The minimum absolute atomic E-state index is 0.525. The van der Waals surface area contributed by atoms with E-state index in [4.69, 9.17) is 11.5 Å². The smallest absolute Gasteiger partial charge is 0.121 e. The van der Waals surface area contributed by atoms with Gasteiger partial charge in [0.2, 0.25) is 0 Å². The maximum Gasteiger partial charge on any atom is 0.121 e. The largest absolute Gasteiger partial charge is 0.507 e. The molecular weight excluding hydrogens is 88.1 g/mol. The van der Waals surface area contributed by atoms with Gasteiger partial charge in [0.05, 0.1) is 0 Å². The molecule has 0 aliphatic rings. The van der Waals surface area contributed by atoms with Gasteiger partial charge in [-0.25, -0.2) is 0 Å². The third-order valence-corrected chi connectivity index (χ3v) is 0.412. The van der Waals surface area contributed by atoms with E-state index in [9.17, 15) is 0 Å². The first-order valence-corrected chi connectivity index (χ1v) is 1.89. The highest BCUT2D eigenvalue weighted by Gasteiger charge is 1.57. The topological polar surface area (TPSA) is 20.2 Å². The van der Waals surface area contributed by atoms with Crippen molar-refractivity contribution in [1.82, 2.24) is 0 Å². The van der Waals surface area contributed by atoms with Gasteiger partial charge in [-0.15, -0.1) is 12.3 Å². The quantitative estimate of drug-likeness (QED) is 0.294. The van der Waals surface area contributed by atoms with Gasteiger partial charge in [-0.2, -0.15) is 0 Å². The van der Waals surface area contributed by atoms with Gasteiger partial charge >= 0.3 is 0 Å². The lowest BCUT2D eigenvalue weighted by molar-refractivity contribution is 0.475. The molecule has 1 N–H and O–H groups in total. The molecule has 0 radical (unpaired) electrons. The van der Waals surface area contributed by atoms with Gasteiger partial charge in [-0.3, -0.25) is 0 Å². The fraction of sp³-hybridized carbons (Fsp3) is 0.167. The first kappa shape index (κ1) is 5.88. The number of allylic oxidation sites excluding steroid dienone is 1. The third-order valence-electron chi connectivity index (χ3n) is 0.412. The number of aliphatic hydroxyl groups excluding tert-OH is 1. The summed E-state index contributed by atoms with van der Waals surface area (Å²) in [4.78, 5) is 0. The summed E-state index contributed by atoms with van der Waals surface area (Å²) in [6, 6.07) is 0. The van der Waals surface area contributed by atoms with Gasteiger partial charge in [0.1, 0.15) is 6.26 Å². The SMILES string of the molecule is C#CCC=C=CO. The van der Waals surface area contributed by atoms with Crippen molar-refractivity contribution >= 4 is 0 Å². The van der Waals surface area contributed by atoms with Crippen LogP contribution in [-0.4, -0.2) is 5.11 Å². The molecule has 0 bridgehead atoms. The Hall–Kier alpha value is -1.12. The van der Waals surface area contributed by atoms with E-state index < -0.39 is 0 Å². The molecule has 0 aromatic carbocycles. The Balaban J connectivity index is 3.33. The molecule has 1 nitrogen and oxygen atoms in total. The summed E-state index contributed by atoms with van der Waals surface area (Å²) in [7, 11) is 0. The average molecular weight is 94.1 g/mol. The third kappa shape index (κ3) is 4.88. The van der Waals surface area contributed by atoms with Crippen LogP contribution in [0.4, 0.5) is 0 Å². The fourth-order valence-electron chi connectivity index (χ4n) is 0.171. The van der Waals surface area contributed by atoms with Crippen LogP contribution in [0.2, 0.25) is 0 Å². The van der Waals surface area contributed by atoms with Crippen molar-refractivity contribution in [3.05, 3.63) is 18.1 Å². The van der Waals surface area contributed by atoms with Crippen LogP contribution in [0, 0.1) is 12.3 Å². The van der Waals surface area contributed by atoms with Gasteiger partial charge in [0, 0.05) is 6.42 Å². The Morgan fingerprint density at radius 1 is 1.71 bits per heavy atom. The molecule has 36 valence electrons.